The predicted octanol–water partition coefficient (Wildman–Crippen LogP) is 2.90. The number of amides is 1. The van der Waals surface area contributed by atoms with Crippen molar-refractivity contribution in [2.75, 3.05) is 6.61 Å². The zero-order valence-corrected chi connectivity index (χ0v) is 12.9. The van der Waals surface area contributed by atoms with Crippen LogP contribution in [0.5, 0.6) is 0 Å². The Morgan fingerprint density at radius 1 is 1.27 bits per heavy atom. The first-order valence-electron chi connectivity index (χ1n) is 7.49. The van der Waals surface area contributed by atoms with E-state index < -0.39 is 5.72 Å². The second kappa shape index (κ2) is 5.89. The lowest BCUT2D eigenvalue weighted by Crippen LogP contribution is -2.48. The number of hydrogen-bond donors (Lipinski definition) is 0. The van der Waals surface area contributed by atoms with Crippen molar-refractivity contribution in [2.45, 2.75) is 32.0 Å². The maximum atomic E-state index is 12.9. The third kappa shape index (κ3) is 2.88. The van der Waals surface area contributed by atoms with E-state index in [1.165, 1.54) is 5.56 Å². The molecule has 0 bridgehead atoms. The molecule has 1 saturated heterocycles. The van der Waals surface area contributed by atoms with Gasteiger partial charge >= 0.3 is 0 Å². The second-order valence-corrected chi connectivity index (χ2v) is 6.02. The van der Waals surface area contributed by atoms with E-state index in [4.69, 9.17) is 4.74 Å². The molecule has 2 heterocycles. The molecule has 2 aromatic rings. The van der Waals surface area contributed by atoms with Gasteiger partial charge in [-0.1, -0.05) is 30.3 Å². The highest BCUT2D eigenvalue weighted by Gasteiger charge is 2.43. The number of ether oxygens (including phenoxy) is 1. The highest BCUT2D eigenvalue weighted by atomic mass is 16.5. The Balaban J connectivity index is 1.86. The average Bonchev–Trinajstić information content (AvgIpc) is 2.83. The van der Waals surface area contributed by atoms with Gasteiger partial charge < -0.3 is 9.64 Å². The lowest BCUT2D eigenvalue weighted by molar-refractivity contribution is -0.0402. The number of pyridine rings is 1. The van der Waals surface area contributed by atoms with Crippen molar-refractivity contribution in [3.8, 4) is 0 Å². The number of hydrogen-bond acceptors (Lipinski definition) is 3. The maximum Gasteiger partial charge on any atom is 0.257 e. The lowest BCUT2D eigenvalue weighted by Gasteiger charge is -2.33. The first-order valence-corrected chi connectivity index (χ1v) is 7.49. The number of aromatic nitrogens is 1. The molecule has 1 aromatic heterocycles. The van der Waals surface area contributed by atoms with Crippen molar-refractivity contribution in [2.24, 2.45) is 0 Å². The van der Waals surface area contributed by atoms with Crippen LogP contribution >= 0.6 is 0 Å². The van der Waals surface area contributed by atoms with Crippen LogP contribution in [-0.2, 0) is 11.2 Å². The molecule has 1 aromatic carbocycles. The summed E-state index contributed by atoms with van der Waals surface area (Å²) in [5, 5.41) is 0. The SMILES string of the molecule is CC1(C)OC[C@H](Cc2ccccc2)N1C(=O)c1cccnc1. The summed E-state index contributed by atoms with van der Waals surface area (Å²) < 4.78 is 5.87. The molecule has 3 rings (SSSR count). The summed E-state index contributed by atoms with van der Waals surface area (Å²) in [4.78, 5) is 18.8. The molecule has 1 fully saturated rings. The van der Waals surface area contributed by atoms with Gasteiger partial charge in [-0.3, -0.25) is 9.78 Å². The van der Waals surface area contributed by atoms with Gasteiger partial charge in [0.25, 0.3) is 5.91 Å². The van der Waals surface area contributed by atoms with Crippen molar-refractivity contribution in [3.05, 3.63) is 66.0 Å². The molecule has 0 saturated carbocycles. The van der Waals surface area contributed by atoms with Crippen molar-refractivity contribution < 1.29 is 9.53 Å². The minimum atomic E-state index is -0.605. The fourth-order valence-corrected chi connectivity index (χ4v) is 2.96. The monoisotopic (exact) mass is 296 g/mol. The van der Waals surface area contributed by atoms with E-state index in [9.17, 15) is 4.79 Å². The van der Waals surface area contributed by atoms with Gasteiger partial charge in [-0.05, 0) is 38.0 Å². The molecule has 1 amide bonds. The molecule has 22 heavy (non-hydrogen) atoms. The quantitative estimate of drug-likeness (QED) is 0.874. The molecule has 0 N–H and O–H groups in total. The van der Waals surface area contributed by atoms with Crippen LogP contribution in [0.2, 0.25) is 0 Å². The molecule has 0 spiro atoms. The van der Waals surface area contributed by atoms with E-state index in [1.807, 2.05) is 36.9 Å². The fraction of sp³-hybridized carbons (Fsp3) is 0.333. The highest BCUT2D eigenvalue weighted by molar-refractivity contribution is 5.94. The molecule has 0 aliphatic carbocycles. The summed E-state index contributed by atoms with van der Waals surface area (Å²) in [7, 11) is 0. The molecular formula is C18H20N2O2. The maximum absolute atomic E-state index is 12.9. The molecule has 114 valence electrons. The van der Waals surface area contributed by atoms with Crippen LogP contribution in [0.3, 0.4) is 0 Å². The Bertz CT molecular complexity index is 641. The fourth-order valence-electron chi connectivity index (χ4n) is 2.96. The smallest absolute Gasteiger partial charge is 0.257 e. The van der Waals surface area contributed by atoms with Gasteiger partial charge in [0, 0.05) is 12.4 Å². The number of nitrogens with zero attached hydrogens (tertiary/aromatic N) is 2. The van der Waals surface area contributed by atoms with Gasteiger partial charge in [0.1, 0.15) is 5.72 Å². The van der Waals surface area contributed by atoms with Crippen LogP contribution in [-0.4, -0.2) is 34.2 Å². The predicted molar refractivity (Wildman–Crippen MR) is 84.4 cm³/mol. The Labute approximate surface area is 130 Å². The molecule has 0 radical (unpaired) electrons. The number of carbonyl (C=O) groups excluding carboxylic acids is 1. The molecular weight excluding hydrogens is 276 g/mol. The normalized spacial score (nSPS) is 20.1. The van der Waals surface area contributed by atoms with Gasteiger partial charge in [0.05, 0.1) is 18.2 Å². The summed E-state index contributed by atoms with van der Waals surface area (Å²) in [6.45, 7) is 4.42. The van der Waals surface area contributed by atoms with E-state index in [0.717, 1.165) is 6.42 Å². The zero-order valence-electron chi connectivity index (χ0n) is 12.9. The lowest BCUT2D eigenvalue weighted by atomic mass is 10.0. The van der Waals surface area contributed by atoms with Crippen LogP contribution < -0.4 is 0 Å². The second-order valence-electron chi connectivity index (χ2n) is 6.02. The van der Waals surface area contributed by atoms with E-state index >= 15 is 0 Å². The van der Waals surface area contributed by atoms with Crippen LogP contribution in [0.25, 0.3) is 0 Å². The summed E-state index contributed by atoms with van der Waals surface area (Å²) >= 11 is 0. The minimum Gasteiger partial charge on any atom is -0.354 e. The van der Waals surface area contributed by atoms with E-state index in [1.54, 1.807) is 24.5 Å². The van der Waals surface area contributed by atoms with Crippen molar-refractivity contribution >= 4 is 5.91 Å². The standard InChI is InChI=1S/C18H20N2O2/c1-18(2)20(17(21)15-9-6-10-19-12-15)16(13-22-18)11-14-7-4-3-5-8-14/h3-10,12,16H,11,13H2,1-2H3/t16-/m0/s1. The van der Waals surface area contributed by atoms with Crippen molar-refractivity contribution in [1.82, 2.24) is 9.88 Å². The first kappa shape index (κ1) is 14.7. The van der Waals surface area contributed by atoms with Crippen LogP contribution in [0, 0.1) is 0 Å². The summed E-state index contributed by atoms with van der Waals surface area (Å²) in [6.07, 6.45) is 4.07. The average molecular weight is 296 g/mol. The van der Waals surface area contributed by atoms with Gasteiger partial charge in [-0.25, -0.2) is 0 Å². The minimum absolute atomic E-state index is 0.0310. The summed E-state index contributed by atoms with van der Waals surface area (Å²) in [5.41, 5.74) is 1.20. The molecule has 1 aliphatic rings. The number of rotatable bonds is 3. The largest absolute Gasteiger partial charge is 0.354 e. The van der Waals surface area contributed by atoms with E-state index in [2.05, 4.69) is 17.1 Å². The third-order valence-corrected chi connectivity index (χ3v) is 4.02. The Morgan fingerprint density at radius 3 is 2.73 bits per heavy atom. The molecule has 0 unspecified atom stereocenters. The van der Waals surface area contributed by atoms with E-state index in [0.29, 0.717) is 12.2 Å². The Morgan fingerprint density at radius 2 is 2.05 bits per heavy atom. The van der Waals surface area contributed by atoms with Gasteiger partial charge in [-0.15, -0.1) is 0 Å². The Hall–Kier alpha value is -2.20. The summed E-state index contributed by atoms with van der Waals surface area (Å²) in [6, 6.07) is 13.8. The topological polar surface area (TPSA) is 42.4 Å². The van der Waals surface area contributed by atoms with Crippen LogP contribution in [0.15, 0.2) is 54.9 Å². The van der Waals surface area contributed by atoms with Crippen LogP contribution in [0.4, 0.5) is 0 Å². The first-order chi connectivity index (χ1) is 10.6. The Kier molecular flexibility index (Phi) is 3.94. The molecule has 4 heteroatoms. The molecule has 1 atom stereocenters. The van der Waals surface area contributed by atoms with Crippen LogP contribution in [0.1, 0.15) is 29.8 Å². The zero-order chi connectivity index (χ0) is 15.6. The summed E-state index contributed by atoms with van der Waals surface area (Å²) in [5.74, 6) is -0.0310. The third-order valence-electron chi connectivity index (χ3n) is 4.02. The molecule has 4 nitrogen and oxygen atoms in total. The van der Waals surface area contributed by atoms with Crippen molar-refractivity contribution in [1.29, 1.82) is 0 Å². The highest BCUT2D eigenvalue weighted by Crippen LogP contribution is 2.30. The van der Waals surface area contributed by atoms with Gasteiger partial charge in [0.2, 0.25) is 0 Å². The molecule has 1 aliphatic heterocycles. The number of benzene rings is 1. The van der Waals surface area contributed by atoms with E-state index in [-0.39, 0.29) is 11.9 Å². The van der Waals surface area contributed by atoms with Gasteiger partial charge in [0.15, 0.2) is 0 Å². The van der Waals surface area contributed by atoms with Crippen molar-refractivity contribution in [3.63, 3.8) is 0 Å². The van der Waals surface area contributed by atoms with Gasteiger partial charge in [-0.2, -0.15) is 0 Å². The number of carbonyl (C=O) groups is 1.